The van der Waals surface area contributed by atoms with Crippen molar-refractivity contribution in [2.75, 3.05) is 0 Å². The van der Waals surface area contributed by atoms with Gasteiger partial charge in [0.05, 0.1) is 6.20 Å². The second-order valence-electron chi connectivity index (χ2n) is 2.71. The summed E-state index contributed by atoms with van der Waals surface area (Å²) < 4.78 is 3.55. The highest BCUT2D eigenvalue weighted by Crippen LogP contribution is 2.11. The van der Waals surface area contributed by atoms with Crippen molar-refractivity contribution in [3.63, 3.8) is 0 Å². The minimum Gasteiger partial charge on any atom is -0.308 e. The molecule has 0 N–H and O–H groups in total. The highest BCUT2D eigenvalue weighted by atomic mass is 15.3. The molecule has 0 aliphatic carbocycles. The highest BCUT2D eigenvalue weighted by Gasteiger charge is 2.07. The van der Waals surface area contributed by atoms with E-state index < -0.39 is 0 Å². The maximum atomic E-state index is 8.81. The van der Waals surface area contributed by atoms with E-state index in [9.17, 15) is 0 Å². The van der Waals surface area contributed by atoms with Crippen LogP contribution in [0.4, 0.5) is 0 Å². The fraction of sp³-hybridized carbons (Fsp3) is 0.111. The Morgan fingerprint density at radius 3 is 2.69 bits per heavy atom. The molecular formula is C9H8N4. The molecule has 2 aromatic rings. The van der Waals surface area contributed by atoms with Crippen LogP contribution in [0.5, 0.6) is 0 Å². The van der Waals surface area contributed by atoms with Crippen molar-refractivity contribution in [2.45, 2.75) is 0 Å². The zero-order chi connectivity index (χ0) is 9.26. The smallest absolute Gasteiger partial charge is 0.152 e. The summed E-state index contributed by atoms with van der Waals surface area (Å²) in [5.41, 5.74) is 0.582. The Kier molecular flexibility index (Phi) is 1.64. The Hall–Kier alpha value is -2.02. The first-order valence-corrected chi connectivity index (χ1v) is 3.88. The molecular weight excluding hydrogens is 164 g/mol. The average Bonchev–Trinajstić information content (AvgIpc) is 2.72. The first-order valence-electron chi connectivity index (χ1n) is 3.88. The number of aryl methyl sites for hydroxylation is 1. The number of rotatable bonds is 1. The van der Waals surface area contributed by atoms with E-state index in [1.807, 2.05) is 36.1 Å². The normalized spacial score (nSPS) is 9.85. The molecule has 2 aromatic heterocycles. The molecule has 0 atom stereocenters. The maximum Gasteiger partial charge on any atom is 0.152 e. The number of aromatic nitrogens is 3. The number of nitriles is 1. The molecule has 0 aliphatic heterocycles. The molecule has 0 saturated heterocycles. The Morgan fingerprint density at radius 2 is 2.08 bits per heavy atom. The van der Waals surface area contributed by atoms with E-state index in [1.54, 1.807) is 10.9 Å². The summed E-state index contributed by atoms with van der Waals surface area (Å²) in [5, 5.41) is 12.8. The minimum absolute atomic E-state index is 0.582. The fourth-order valence-electron chi connectivity index (χ4n) is 1.29. The van der Waals surface area contributed by atoms with Crippen LogP contribution in [0.1, 0.15) is 5.56 Å². The average molecular weight is 172 g/mol. The molecule has 64 valence electrons. The predicted octanol–water partition coefficient (Wildman–Crippen LogP) is 1.08. The van der Waals surface area contributed by atoms with Crippen molar-refractivity contribution in [1.29, 1.82) is 5.26 Å². The van der Waals surface area contributed by atoms with Gasteiger partial charge in [-0.3, -0.25) is 4.68 Å². The molecule has 0 saturated carbocycles. The van der Waals surface area contributed by atoms with Crippen LogP contribution in [0.2, 0.25) is 0 Å². The Bertz CT molecular complexity index is 444. The molecule has 0 unspecified atom stereocenters. The summed E-state index contributed by atoms with van der Waals surface area (Å²) in [6, 6.07) is 5.92. The molecule has 0 aromatic carbocycles. The zero-order valence-corrected chi connectivity index (χ0v) is 7.18. The Morgan fingerprint density at radius 1 is 1.38 bits per heavy atom. The lowest BCUT2D eigenvalue weighted by molar-refractivity contribution is 0.730. The summed E-state index contributed by atoms with van der Waals surface area (Å²) in [7, 11) is 1.82. The molecule has 0 radical (unpaired) electrons. The highest BCUT2D eigenvalue weighted by molar-refractivity contribution is 5.42. The van der Waals surface area contributed by atoms with Gasteiger partial charge in [-0.25, -0.2) is 0 Å². The van der Waals surface area contributed by atoms with Gasteiger partial charge in [0.2, 0.25) is 0 Å². The van der Waals surface area contributed by atoms with Crippen LogP contribution < -0.4 is 0 Å². The van der Waals surface area contributed by atoms with Crippen LogP contribution in [0.3, 0.4) is 0 Å². The molecule has 13 heavy (non-hydrogen) atoms. The molecule has 0 aliphatic rings. The number of nitrogens with zero attached hydrogens (tertiary/aromatic N) is 4. The lowest BCUT2D eigenvalue weighted by Gasteiger charge is -2.02. The summed E-state index contributed by atoms with van der Waals surface area (Å²) in [5.74, 6) is 0.799. The van der Waals surface area contributed by atoms with E-state index in [1.165, 1.54) is 0 Å². The van der Waals surface area contributed by atoms with E-state index in [2.05, 4.69) is 11.2 Å². The van der Waals surface area contributed by atoms with Crippen molar-refractivity contribution in [2.24, 2.45) is 7.05 Å². The second kappa shape index (κ2) is 2.79. The standard InChI is InChI=1S/C9H8N4/c1-12-9(8(6-10)7-11-12)13-4-2-3-5-13/h2-5,7H,1H3. The van der Waals surface area contributed by atoms with Gasteiger partial charge in [0.1, 0.15) is 11.6 Å². The fourth-order valence-corrected chi connectivity index (χ4v) is 1.29. The summed E-state index contributed by atoms with van der Waals surface area (Å²) in [4.78, 5) is 0. The summed E-state index contributed by atoms with van der Waals surface area (Å²) in [6.07, 6.45) is 5.34. The van der Waals surface area contributed by atoms with Gasteiger partial charge in [-0.2, -0.15) is 10.4 Å². The lowest BCUT2D eigenvalue weighted by Crippen LogP contribution is -2.01. The van der Waals surface area contributed by atoms with Crippen LogP contribution in [0.15, 0.2) is 30.7 Å². The van der Waals surface area contributed by atoms with Gasteiger partial charge in [-0.15, -0.1) is 0 Å². The number of hydrogen-bond donors (Lipinski definition) is 0. The van der Waals surface area contributed by atoms with Crippen molar-refractivity contribution < 1.29 is 0 Å². The third kappa shape index (κ3) is 1.11. The summed E-state index contributed by atoms with van der Waals surface area (Å²) in [6.45, 7) is 0. The predicted molar refractivity (Wildman–Crippen MR) is 47.3 cm³/mol. The van der Waals surface area contributed by atoms with E-state index in [-0.39, 0.29) is 0 Å². The monoisotopic (exact) mass is 172 g/mol. The van der Waals surface area contributed by atoms with E-state index in [4.69, 9.17) is 5.26 Å². The molecule has 0 bridgehead atoms. The van der Waals surface area contributed by atoms with E-state index >= 15 is 0 Å². The van der Waals surface area contributed by atoms with Gasteiger partial charge in [-0.1, -0.05) is 0 Å². The van der Waals surface area contributed by atoms with Gasteiger partial charge >= 0.3 is 0 Å². The molecule has 2 heterocycles. The largest absolute Gasteiger partial charge is 0.308 e. The first-order chi connectivity index (χ1) is 6.33. The van der Waals surface area contributed by atoms with Gasteiger partial charge in [0.25, 0.3) is 0 Å². The third-order valence-corrected chi connectivity index (χ3v) is 1.88. The molecule has 4 nitrogen and oxygen atoms in total. The van der Waals surface area contributed by atoms with Gasteiger partial charge < -0.3 is 4.57 Å². The molecule has 0 amide bonds. The maximum absolute atomic E-state index is 8.81. The molecule has 0 spiro atoms. The second-order valence-corrected chi connectivity index (χ2v) is 2.71. The zero-order valence-electron chi connectivity index (χ0n) is 7.18. The third-order valence-electron chi connectivity index (χ3n) is 1.88. The summed E-state index contributed by atoms with van der Waals surface area (Å²) >= 11 is 0. The van der Waals surface area contributed by atoms with Crippen molar-refractivity contribution in [3.8, 4) is 11.9 Å². The number of hydrogen-bond acceptors (Lipinski definition) is 2. The van der Waals surface area contributed by atoms with E-state index in [0.717, 1.165) is 5.82 Å². The van der Waals surface area contributed by atoms with Crippen LogP contribution >= 0.6 is 0 Å². The first kappa shape index (κ1) is 7.62. The van der Waals surface area contributed by atoms with Crippen LogP contribution in [0.25, 0.3) is 5.82 Å². The van der Waals surface area contributed by atoms with Gasteiger partial charge in [0, 0.05) is 19.4 Å². The topological polar surface area (TPSA) is 46.5 Å². The van der Waals surface area contributed by atoms with Crippen LogP contribution in [0, 0.1) is 11.3 Å². The lowest BCUT2D eigenvalue weighted by atomic mass is 10.3. The molecule has 4 heteroatoms. The van der Waals surface area contributed by atoms with Crippen molar-refractivity contribution >= 4 is 0 Å². The Labute approximate surface area is 75.6 Å². The van der Waals surface area contributed by atoms with Crippen LogP contribution in [-0.2, 0) is 7.05 Å². The van der Waals surface area contributed by atoms with Gasteiger partial charge in [-0.05, 0) is 12.1 Å². The minimum atomic E-state index is 0.582. The SMILES string of the molecule is Cn1ncc(C#N)c1-n1cccc1. The van der Waals surface area contributed by atoms with E-state index in [0.29, 0.717) is 5.56 Å². The van der Waals surface area contributed by atoms with Crippen LogP contribution in [-0.4, -0.2) is 14.3 Å². The molecule has 2 rings (SSSR count). The van der Waals surface area contributed by atoms with Crippen molar-refractivity contribution in [3.05, 3.63) is 36.3 Å². The Balaban J connectivity index is 2.64. The molecule has 0 fully saturated rings. The van der Waals surface area contributed by atoms with Gasteiger partial charge in [0.15, 0.2) is 5.82 Å². The quantitative estimate of drug-likeness (QED) is 0.646. The van der Waals surface area contributed by atoms with Crippen molar-refractivity contribution in [1.82, 2.24) is 14.3 Å².